The topological polar surface area (TPSA) is 15.3 Å². The second-order valence-electron chi connectivity index (χ2n) is 4.78. The van der Waals surface area contributed by atoms with Crippen LogP contribution in [0.25, 0.3) is 0 Å². The monoisotopic (exact) mass is 218 g/mol. The first-order valence-corrected chi connectivity index (χ1v) is 5.99. The molecule has 4 heteroatoms. The summed E-state index contributed by atoms with van der Waals surface area (Å²) in [7, 11) is 0. The molecule has 0 saturated carbocycles. The molecule has 1 unspecified atom stereocenters. The summed E-state index contributed by atoms with van der Waals surface area (Å²) in [5.41, 5.74) is 0. The van der Waals surface area contributed by atoms with Gasteiger partial charge in [0.1, 0.15) is 0 Å². The van der Waals surface area contributed by atoms with Crippen LogP contribution in [0.1, 0.15) is 32.1 Å². The molecule has 2 saturated heterocycles. The van der Waals surface area contributed by atoms with Gasteiger partial charge in [-0.25, -0.2) is 8.78 Å². The molecule has 1 N–H and O–H groups in total. The minimum atomic E-state index is -2.40. The van der Waals surface area contributed by atoms with Crippen molar-refractivity contribution < 1.29 is 8.78 Å². The van der Waals surface area contributed by atoms with Gasteiger partial charge in [0.05, 0.1) is 0 Å². The summed E-state index contributed by atoms with van der Waals surface area (Å²) >= 11 is 0. The molecule has 0 bridgehead atoms. The first-order valence-electron chi connectivity index (χ1n) is 5.99. The molecule has 88 valence electrons. The fourth-order valence-corrected chi connectivity index (χ4v) is 2.45. The Labute approximate surface area is 90.0 Å². The van der Waals surface area contributed by atoms with E-state index in [1.54, 1.807) is 0 Å². The molecule has 0 aromatic heterocycles. The number of nitrogens with zero attached hydrogens (tertiary/aromatic N) is 1. The van der Waals surface area contributed by atoms with Gasteiger partial charge < -0.3 is 10.2 Å². The van der Waals surface area contributed by atoms with Gasteiger partial charge in [0.25, 0.3) is 5.92 Å². The van der Waals surface area contributed by atoms with Crippen LogP contribution in [0.15, 0.2) is 0 Å². The zero-order chi connectivity index (χ0) is 10.7. The molecule has 2 heterocycles. The smallest absolute Gasteiger partial charge is 0.250 e. The van der Waals surface area contributed by atoms with Crippen LogP contribution in [0.2, 0.25) is 0 Å². The predicted molar refractivity (Wildman–Crippen MR) is 56.3 cm³/mol. The standard InChI is InChI=1S/C11H20F2N2/c12-11(13)4-8-15(9-5-11)7-3-10-2-1-6-14-10/h10,14H,1-9H2. The third-order valence-corrected chi connectivity index (χ3v) is 3.54. The summed E-state index contributed by atoms with van der Waals surface area (Å²) in [6.45, 7) is 3.25. The quantitative estimate of drug-likeness (QED) is 0.778. The Morgan fingerprint density at radius 1 is 1.27 bits per heavy atom. The second-order valence-corrected chi connectivity index (χ2v) is 4.78. The van der Waals surface area contributed by atoms with E-state index in [-0.39, 0.29) is 12.8 Å². The Bertz CT molecular complexity index is 193. The maximum atomic E-state index is 12.9. The molecule has 2 fully saturated rings. The Morgan fingerprint density at radius 2 is 2.00 bits per heavy atom. The van der Waals surface area contributed by atoms with E-state index in [4.69, 9.17) is 0 Å². The highest BCUT2D eigenvalue weighted by Crippen LogP contribution is 2.27. The highest BCUT2D eigenvalue weighted by molar-refractivity contribution is 4.80. The van der Waals surface area contributed by atoms with Gasteiger partial charge in [-0.3, -0.25) is 0 Å². The molecular formula is C11H20F2N2. The van der Waals surface area contributed by atoms with Crippen molar-refractivity contribution in [2.45, 2.75) is 44.1 Å². The fraction of sp³-hybridized carbons (Fsp3) is 1.00. The number of alkyl halides is 2. The van der Waals surface area contributed by atoms with Crippen molar-refractivity contribution in [2.75, 3.05) is 26.2 Å². The summed E-state index contributed by atoms with van der Waals surface area (Å²) in [5, 5.41) is 3.44. The fourth-order valence-electron chi connectivity index (χ4n) is 2.45. The highest BCUT2D eigenvalue weighted by atomic mass is 19.3. The largest absolute Gasteiger partial charge is 0.314 e. The molecule has 15 heavy (non-hydrogen) atoms. The van der Waals surface area contributed by atoms with Gasteiger partial charge in [-0.2, -0.15) is 0 Å². The molecule has 2 nitrogen and oxygen atoms in total. The van der Waals surface area contributed by atoms with Crippen LogP contribution < -0.4 is 5.32 Å². The van der Waals surface area contributed by atoms with Gasteiger partial charge in [0.2, 0.25) is 0 Å². The van der Waals surface area contributed by atoms with E-state index in [1.807, 2.05) is 0 Å². The summed E-state index contributed by atoms with van der Waals surface area (Å²) in [5.74, 6) is -2.40. The number of nitrogens with one attached hydrogen (secondary N) is 1. The van der Waals surface area contributed by atoms with Crippen LogP contribution in [-0.4, -0.2) is 43.0 Å². The van der Waals surface area contributed by atoms with Crippen molar-refractivity contribution in [1.82, 2.24) is 10.2 Å². The number of halogens is 2. The van der Waals surface area contributed by atoms with E-state index < -0.39 is 5.92 Å². The molecule has 0 spiro atoms. The Hall–Kier alpha value is -0.220. The average Bonchev–Trinajstić information content (AvgIpc) is 2.69. The Morgan fingerprint density at radius 3 is 2.60 bits per heavy atom. The molecule has 2 aliphatic heterocycles. The molecule has 1 atom stereocenters. The Kier molecular flexibility index (Phi) is 3.57. The summed E-state index contributed by atoms with van der Waals surface area (Å²) in [4.78, 5) is 2.18. The van der Waals surface area contributed by atoms with Gasteiger partial charge >= 0.3 is 0 Å². The van der Waals surface area contributed by atoms with E-state index in [0.29, 0.717) is 19.1 Å². The van der Waals surface area contributed by atoms with E-state index in [2.05, 4.69) is 10.2 Å². The van der Waals surface area contributed by atoms with Crippen LogP contribution in [0.3, 0.4) is 0 Å². The van der Waals surface area contributed by atoms with Crippen molar-refractivity contribution in [3.63, 3.8) is 0 Å². The normalized spacial score (nSPS) is 32.0. The van der Waals surface area contributed by atoms with Crippen LogP contribution in [0, 0.1) is 0 Å². The van der Waals surface area contributed by atoms with Gasteiger partial charge in [-0.05, 0) is 32.4 Å². The molecular weight excluding hydrogens is 198 g/mol. The number of piperidine rings is 1. The van der Waals surface area contributed by atoms with Crippen LogP contribution in [0.5, 0.6) is 0 Å². The lowest BCUT2D eigenvalue weighted by Crippen LogP contribution is -2.41. The maximum Gasteiger partial charge on any atom is 0.250 e. The molecule has 0 aromatic carbocycles. The van der Waals surface area contributed by atoms with Crippen molar-refractivity contribution in [2.24, 2.45) is 0 Å². The van der Waals surface area contributed by atoms with Gasteiger partial charge in [-0.15, -0.1) is 0 Å². The van der Waals surface area contributed by atoms with Crippen molar-refractivity contribution in [3.05, 3.63) is 0 Å². The summed E-state index contributed by atoms with van der Waals surface area (Å²) in [6.07, 6.45) is 3.73. The predicted octanol–water partition coefficient (Wildman–Crippen LogP) is 1.86. The van der Waals surface area contributed by atoms with Crippen molar-refractivity contribution >= 4 is 0 Å². The SMILES string of the molecule is FC1(F)CCN(CCC2CCCN2)CC1. The van der Waals surface area contributed by atoms with Crippen molar-refractivity contribution in [3.8, 4) is 0 Å². The molecule has 0 aliphatic carbocycles. The van der Waals surface area contributed by atoms with Crippen LogP contribution in [0.4, 0.5) is 8.78 Å². The van der Waals surface area contributed by atoms with E-state index in [0.717, 1.165) is 19.5 Å². The van der Waals surface area contributed by atoms with E-state index in [1.165, 1.54) is 12.8 Å². The molecule has 2 rings (SSSR count). The zero-order valence-corrected chi connectivity index (χ0v) is 9.14. The van der Waals surface area contributed by atoms with E-state index >= 15 is 0 Å². The minimum Gasteiger partial charge on any atom is -0.314 e. The van der Waals surface area contributed by atoms with Crippen LogP contribution >= 0.6 is 0 Å². The number of likely N-dealkylation sites (tertiary alicyclic amines) is 1. The van der Waals surface area contributed by atoms with Crippen LogP contribution in [-0.2, 0) is 0 Å². The van der Waals surface area contributed by atoms with Crippen molar-refractivity contribution in [1.29, 1.82) is 0 Å². The molecule has 2 aliphatic rings. The lowest BCUT2D eigenvalue weighted by molar-refractivity contribution is -0.0553. The van der Waals surface area contributed by atoms with Gasteiger partial charge in [-0.1, -0.05) is 0 Å². The van der Waals surface area contributed by atoms with E-state index in [9.17, 15) is 8.78 Å². The molecule has 0 amide bonds. The molecule has 0 aromatic rings. The number of hydrogen-bond acceptors (Lipinski definition) is 2. The zero-order valence-electron chi connectivity index (χ0n) is 9.14. The minimum absolute atomic E-state index is 0.0467. The third kappa shape index (κ3) is 3.38. The van der Waals surface area contributed by atoms with Gasteiger partial charge in [0, 0.05) is 32.0 Å². The highest BCUT2D eigenvalue weighted by Gasteiger charge is 2.33. The second kappa shape index (κ2) is 4.74. The average molecular weight is 218 g/mol. The lowest BCUT2D eigenvalue weighted by Gasteiger charge is -2.32. The summed E-state index contributed by atoms with van der Waals surface area (Å²) < 4.78 is 25.8. The number of rotatable bonds is 3. The molecule has 0 radical (unpaired) electrons. The lowest BCUT2D eigenvalue weighted by atomic mass is 10.1. The Balaban J connectivity index is 1.64. The van der Waals surface area contributed by atoms with Gasteiger partial charge in [0.15, 0.2) is 0 Å². The first kappa shape index (κ1) is 11.3. The third-order valence-electron chi connectivity index (χ3n) is 3.54. The maximum absolute atomic E-state index is 12.9. The first-order chi connectivity index (χ1) is 7.16. The number of hydrogen-bond donors (Lipinski definition) is 1. The summed E-state index contributed by atoms with van der Waals surface area (Å²) in [6, 6.07) is 0.632.